The lowest BCUT2D eigenvalue weighted by molar-refractivity contribution is 0.669. The van der Waals surface area contributed by atoms with Crippen molar-refractivity contribution in [3.05, 3.63) is 157 Å². The second-order valence-corrected chi connectivity index (χ2v) is 13.4. The third-order valence-electron chi connectivity index (χ3n) is 9.19. The molecule has 0 atom stereocenters. The molecule has 4 heterocycles. The molecule has 0 bridgehead atoms. The topological polar surface area (TPSA) is 82.0 Å². The number of rotatable bonds is 5. The summed E-state index contributed by atoms with van der Waals surface area (Å²) in [7, 11) is 0. The lowest BCUT2D eigenvalue weighted by Gasteiger charge is -2.10. The Morgan fingerprint density at radius 3 is 1.92 bits per heavy atom. The van der Waals surface area contributed by atoms with Crippen LogP contribution in [-0.2, 0) is 0 Å². The van der Waals surface area contributed by atoms with Crippen molar-refractivity contribution in [2.45, 2.75) is 0 Å². The number of benzene rings is 6. The molecule has 0 aliphatic carbocycles. The number of furan rings is 1. The molecule has 6 aromatic carbocycles. The number of aromatic nitrogens is 5. The van der Waals surface area contributed by atoms with E-state index in [-0.39, 0.29) is 0 Å². The molecule has 0 saturated carbocycles. The highest BCUT2D eigenvalue weighted by Gasteiger charge is 2.21. The van der Waals surface area contributed by atoms with Crippen molar-refractivity contribution < 1.29 is 4.42 Å². The van der Waals surface area contributed by atoms with Crippen LogP contribution in [0, 0.1) is 6.57 Å². The first-order valence-corrected chi connectivity index (χ1v) is 17.5. The molecule has 0 fully saturated rings. The van der Waals surface area contributed by atoms with Gasteiger partial charge < -0.3 is 4.42 Å². The van der Waals surface area contributed by atoms with Gasteiger partial charge in [-0.15, -0.1) is 11.3 Å². The van der Waals surface area contributed by atoms with E-state index in [9.17, 15) is 0 Å². The van der Waals surface area contributed by atoms with E-state index < -0.39 is 0 Å². The Bertz CT molecular complexity index is 2980. The van der Waals surface area contributed by atoms with Gasteiger partial charge in [0.2, 0.25) is 0 Å². The molecule has 242 valence electrons. The van der Waals surface area contributed by atoms with Gasteiger partial charge in [0.15, 0.2) is 29.0 Å². The molecule has 0 aliphatic heterocycles. The third-order valence-corrected chi connectivity index (χ3v) is 10.4. The molecule has 7 nitrogen and oxygen atoms in total. The minimum atomic E-state index is 0.548. The Balaban J connectivity index is 1.21. The highest BCUT2D eigenvalue weighted by atomic mass is 32.1. The summed E-state index contributed by atoms with van der Waals surface area (Å²) in [6, 6.07) is 47.8. The van der Waals surface area contributed by atoms with Gasteiger partial charge in [-0.05, 0) is 30.3 Å². The minimum absolute atomic E-state index is 0.548. The number of hydrogen-bond donors (Lipinski definition) is 0. The van der Waals surface area contributed by atoms with E-state index >= 15 is 0 Å². The maximum atomic E-state index is 7.89. The molecule has 0 unspecified atom stereocenters. The highest BCUT2D eigenvalue weighted by molar-refractivity contribution is 7.26. The summed E-state index contributed by atoms with van der Waals surface area (Å²) in [4.78, 5) is 29.1. The summed E-state index contributed by atoms with van der Waals surface area (Å²) in [5.74, 6) is 2.29. The first kappa shape index (κ1) is 29.8. The van der Waals surface area contributed by atoms with Crippen molar-refractivity contribution in [3.8, 4) is 56.8 Å². The van der Waals surface area contributed by atoms with Crippen LogP contribution in [0.25, 0.3) is 104 Å². The Kier molecular flexibility index (Phi) is 6.91. The molecule has 10 rings (SSSR count). The van der Waals surface area contributed by atoms with Gasteiger partial charge in [-0.2, -0.15) is 0 Å². The van der Waals surface area contributed by atoms with Gasteiger partial charge in [0.25, 0.3) is 0 Å². The molecule has 0 saturated heterocycles. The lowest BCUT2D eigenvalue weighted by Crippen LogP contribution is -2.00. The maximum Gasteiger partial charge on any atom is 0.196 e. The van der Waals surface area contributed by atoms with Crippen LogP contribution >= 0.6 is 11.3 Å². The highest BCUT2D eigenvalue weighted by Crippen LogP contribution is 2.43. The number of para-hydroxylation sites is 1. The zero-order chi connectivity index (χ0) is 34.6. The van der Waals surface area contributed by atoms with Crippen LogP contribution in [0.4, 0.5) is 5.69 Å². The summed E-state index contributed by atoms with van der Waals surface area (Å²) >= 11 is 1.65. The number of thiophene rings is 1. The van der Waals surface area contributed by atoms with Gasteiger partial charge in [-0.1, -0.05) is 115 Å². The largest absolute Gasteiger partial charge is 0.456 e. The quantitative estimate of drug-likeness (QED) is 0.168. The minimum Gasteiger partial charge on any atom is -0.456 e. The molecule has 0 spiro atoms. The van der Waals surface area contributed by atoms with Crippen LogP contribution in [0.2, 0.25) is 0 Å². The van der Waals surface area contributed by atoms with Crippen molar-refractivity contribution in [2.24, 2.45) is 0 Å². The molecular weight excluding hydrogens is 661 g/mol. The zero-order valence-electron chi connectivity index (χ0n) is 27.4. The molecule has 0 amide bonds. The van der Waals surface area contributed by atoms with E-state index in [1.807, 2.05) is 127 Å². The van der Waals surface area contributed by atoms with E-state index in [2.05, 4.69) is 23.0 Å². The van der Waals surface area contributed by atoms with Gasteiger partial charge in [-0.3, -0.25) is 0 Å². The average molecular weight is 685 g/mol. The van der Waals surface area contributed by atoms with Crippen LogP contribution in [0.3, 0.4) is 0 Å². The van der Waals surface area contributed by atoms with E-state index in [1.165, 1.54) is 0 Å². The molecule has 0 N–H and O–H groups in total. The molecule has 0 aliphatic rings. The molecular formula is C44H24N6OS. The second-order valence-electron chi connectivity index (χ2n) is 12.3. The summed E-state index contributed by atoms with van der Waals surface area (Å²) in [6.07, 6.45) is 0. The Labute approximate surface area is 301 Å². The van der Waals surface area contributed by atoms with E-state index in [4.69, 9.17) is 35.9 Å². The summed E-state index contributed by atoms with van der Waals surface area (Å²) in [5, 5.41) is 2.85. The Morgan fingerprint density at radius 2 is 1.15 bits per heavy atom. The lowest BCUT2D eigenvalue weighted by atomic mass is 10.0. The van der Waals surface area contributed by atoms with Crippen molar-refractivity contribution in [1.82, 2.24) is 24.9 Å². The van der Waals surface area contributed by atoms with Crippen molar-refractivity contribution in [2.75, 3.05) is 0 Å². The molecule has 8 heteroatoms. The fourth-order valence-corrected chi connectivity index (χ4v) is 7.90. The van der Waals surface area contributed by atoms with Gasteiger partial charge >= 0.3 is 0 Å². The van der Waals surface area contributed by atoms with Crippen LogP contribution in [0.15, 0.2) is 150 Å². The zero-order valence-corrected chi connectivity index (χ0v) is 28.2. The normalized spacial score (nSPS) is 11.4. The van der Waals surface area contributed by atoms with Gasteiger partial charge in [-0.25, -0.2) is 29.8 Å². The monoisotopic (exact) mass is 684 g/mol. The SMILES string of the molecule is [C-]#[N+]c1ccccc1-c1nc(-c2ccc3oc4cccc(-c5nc(-c6ccccc6)nc(-c6ccccc6)n5)c4c3c2)nc2c1sc1ccccc12. The average Bonchev–Trinajstić information content (AvgIpc) is 3.79. The van der Waals surface area contributed by atoms with E-state index in [1.54, 1.807) is 11.3 Å². The summed E-state index contributed by atoms with van der Waals surface area (Å²) in [5.41, 5.74) is 7.86. The second kappa shape index (κ2) is 12.1. The molecule has 52 heavy (non-hydrogen) atoms. The van der Waals surface area contributed by atoms with Crippen LogP contribution in [0.1, 0.15) is 0 Å². The van der Waals surface area contributed by atoms with Crippen LogP contribution in [-0.4, -0.2) is 24.9 Å². The molecule has 0 radical (unpaired) electrons. The number of fused-ring (bicyclic) bond motifs is 6. The Hall–Kier alpha value is -7.08. The van der Waals surface area contributed by atoms with Gasteiger partial charge in [0.05, 0.1) is 22.5 Å². The van der Waals surface area contributed by atoms with Gasteiger partial charge in [0.1, 0.15) is 11.2 Å². The van der Waals surface area contributed by atoms with Gasteiger partial charge in [0, 0.05) is 48.7 Å². The smallest absolute Gasteiger partial charge is 0.196 e. The summed E-state index contributed by atoms with van der Waals surface area (Å²) in [6.45, 7) is 7.89. The fraction of sp³-hybridized carbons (Fsp3) is 0. The molecule has 4 aromatic heterocycles. The number of nitrogens with zero attached hydrogens (tertiary/aromatic N) is 6. The first-order chi connectivity index (χ1) is 25.7. The standard InChI is InChI=1S/C44H24N6OS/c1-45-33-20-10-8-17-29(33)38-40-39(30-18-9-11-22-36(30)52-40)47-43(46-38)28-23-24-34-32(25-28)37-31(19-12-21-35(37)51-34)44-49-41(26-13-4-2-5-14-26)48-42(50-44)27-15-6-3-7-16-27/h2-25H. The maximum absolute atomic E-state index is 7.89. The van der Waals surface area contributed by atoms with Crippen LogP contribution in [0.5, 0.6) is 0 Å². The van der Waals surface area contributed by atoms with Crippen molar-refractivity contribution >= 4 is 59.3 Å². The first-order valence-electron chi connectivity index (χ1n) is 16.7. The third kappa shape index (κ3) is 4.91. The summed E-state index contributed by atoms with van der Waals surface area (Å²) < 4.78 is 8.50. The van der Waals surface area contributed by atoms with Crippen molar-refractivity contribution in [3.63, 3.8) is 0 Å². The fourth-order valence-electron chi connectivity index (χ4n) is 6.76. The van der Waals surface area contributed by atoms with Crippen molar-refractivity contribution in [1.29, 1.82) is 0 Å². The molecule has 10 aromatic rings. The van der Waals surface area contributed by atoms with Crippen LogP contribution < -0.4 is 0 Å². The predicted molar refractivity (Wildman–Crippen MR) is 209 cm³/mol. The van der Waals surface area contributed by atoms with E-state index in [0.29, 0.717) is 29.0 Å². The Morgan fingerprint density at radius 1 is 0.500 bits per heavy atom. The van der Waals surface area contributed by atoms with E-state index in [0.717, 1.165) is 75.8 Å². The number of hydrogen-bond acceptors (Lipinski definition) is 7. The predicted octanol–water partition coefficient (Wildman–Crippen LogP) is 11.8.